The Morgan fingerprint density at radius 1 is 1.46 bits per heavy atom. The van der Waals surface area contributed by atoms with Crippen molar-refractivity contribution in [1.82, 2.24) is 20.8 Å². The molecule has 0 unspecified atom stereocenters. The smallest absolute Gasteiger partial charge is 0.0490 e. The van der Waals surface area contributed by atoms with E-state index in [2.05, 4.69) is 20.8 Å². The molecule has 0 aliphatic carbocycles. The van der Waals surface area contributed by atoms with Gasteiger partial charge in [0.15, 0.2) is 0 Å². The SMILES string of the molecule is c1cc(CNC2CCNCC2)[nH]n1. The number of nitrogens with zero attached hydrogens (tertiary/aromatic N) is 1. The van der Waals surface area contributed by atoms with Crippen LogP contribution >= 0.6 is 0 Å². The molecule has 0 amide bonds. The van der Waals surface area contributed by atoms with Gasteiger partial charge in [-0.05, 0) is 32.0 Å². The predicted molar refractivity (Wildman–Crippen MR) is 51.3 cm³/mol. The molecule has 1 aromatic rings. The average molecular weight is 180 g/mol. The molecule has 2 heterocycles. The third-order valence-corrected chi connectivity index (χ3v) is 2.48. The number of nitrogens with one attached hydrogen (secondary N) is 3. The minimum absolute atomic E-state index is 0.671. The Bertz CT molecular complexity index is 226. The number of aromatic nitrogens is 2. The highest BCUT2D eigenvalue weighted by molar-refractivity contribution is 4.97. The van der Waals surface area contributed by atoms with Gasteiger partial charge in [0.05, 0.1) is 0 Å². The summed E-state index contributed by atoms with van der Waals surface area (Å²) in [6, 6.07) is 2.68. The fourth-order valence-corrected chi connectivity index (χ4v) is 1.66. The molecule has 2 rings (SSSR count). The number of piperidine rings is 1. The normalized spacial score (nSPS) is 19.1. The summed E-state index contributed by atoms with van der Waals surface area (Å²) in [5.74, 6) is 0. The van der Waals surface area contributed by atoms with E-state index in [9.17, 15) is 0 Å². The lowest BCUT2D eigenvalue weighted by molar-refractivity contribution is 0.385. The van der Waals surface area contributed by atoms with Crippen molar-refractivity contribution in [1.29, 1.82) is 0 Å². The van der Waals surface area contributed by atoms with Gasteiger partial charge in [-0.3, -0.25) is 5.10 Å². The van der Waals surface area contributed by atoms with Crippen molar-refractivity contribution in [2.75, 3.05) is 13.1 Å². The molecule has 1 aliphatic heterocycles. The topological polar surface area (TPSA) is 52.7 Å². The number of aromatic amines is 1. The van der Waals surface area contributed by atoms with Crippen LogP contribution in [0.2, 0.25) is 0 Å². The van der Waals surface area contributed by atoms with Crippen LogP contribution < -0.4 is 10.6 Å². The van der Waals surface area contributed by atoms with Gasteiger partial charge in [0.2, 0.25) is 0 Å². The van der Waals surface area contributed by atoms with Gasteiger partial charge >= 0.3 is 0 Å². The summed E-state index contributed by atoms with van der Waals surface area (Å²) in [6.07, 6.45) is 4.25. The predicted octanol–water partition coefficient (Wildman–Crippen LogP) is 0.251. The van der Waals surface area contributed by atoms with E-state index in [-0.39, 0.29) is 0 Å². The minimum atomic E-state index is 0.671. The molecule has 1 fully saturated rings. The second kappa shape index (κ2) is 4.39. The maximum Gasteiger partial charge on any atom is 0.0490 e. The van der Waals surface area contributed by atoms with Gasteiger partial charge in [0.25, 0.3) is 0 Å². The van der Waals surface area contributed by atoms with E-state index < -0.39 is 0 Å². The lowest BCUT2D eigenvalue weighted by atomic mass is 10.1. The molecular weight excluding hydrogens is 164 g/mol. The van der Waals surface area contributed by atoms with Gasteiger partial charge in [0, 0.05) is 24.5 Å². The van der Waals surface area contributed by atoms with E-state index in [1.807, 2.05) is 6.07 Å². The Morgan fingerprint density at radius 2 is 2.31 bits per heavy atom. The zero-order valence-corrected chi connectivity index (χ0v) is 7.71. The van der Waals surface area contributed by atoms with Crippen molar-refractivity contribution >= 4 is 0 Å². The number of H-pyrrole nitrogens is 1. The fraction of sp³-hybridized carbons (Fsp3) is 0.667. The molecule has 0 atom stereocenters. The van der Waals surface area contributed by atoms with Crippen LogP contribution in [0.15, 0.2) is 12.3 Å². The van der Waals surface area contributed by atoms with Gasteiger partial charge in [-0.15, -0.1) is 0 Å². The molecule has 1 saturated heterocycles. The standard InChI is InChI=1S/C9H16N4/c1-4-10-5-2-8(1)11-7-9-3-6-12-13-9/h3,6,8,10-11H,1-2,4-5,7H2,(H,12,13). The molecule has 0 bridgehead atoms. The Kier molecular flexibility index (Phi) is 2.94. The average Bonchev–Trinajstić information content (AvgIpc) is 2.69. The molecule has 0 radical (unpaired) electrons. The van der Waals surface area contributed by atoms with E-state index in [0.29, 0.717) is 6.04 Å². The third kappa shape index (κ3) is 2.54. The highest BCUT2D eigenvalue weighted by atomic mass is 15.1. The Hall–Kier alpha value is -0.870. The molecule has 1 aromatic heterocycles. The second-order valence-electron chi connectivity index (χ2n) is 3.49. The van der Waals surface area contributed by atoms with E-state index in [1.165, 1.54) is 18.5 Å². The molecule has 4 heteroatoms. The van der Waals surface area contributed by atoms with Crippen LogP contribution in [-0.4, -0.2) is 29.3 Å². The summed E-state index contributed by atoms with van der Waals surface area (Å²) >= 11 is 0. The number of rotatable bonds is 3. The van der Waals surface area contributed by atoms with Crippen molar-refractivity contribution in [2.24, 2.45) is 0 Å². The zero-order chi connectivity index (χ0) is 8.93. The summed E-state index contributed by atoms with van der Waals surface area (Å²) in [4.78, 5) is 0. The second-order valence-corrected chi connectivity index (χ2v) is 3.49. The van der Waals surface area contributed by atoms with Crippen LogP contribution in [0.5, 0.6) is 0 Å². The van der Waals surface area contributed by atoms with Crippen molar-refractivity contribution < 1.29 is 0 Å². The molecule has 72 valence electrons. The van der Waals surface area contributed by atoms with Gasteiger partial charge < -0.3 is 10.6 Å². The molecular formula is C9H16N4. The highest BCUT2D eigenvalue weighted by Gasteiger charge is 2.11. The quantitative estimate of drug-likeness (QED) is 0.625. The van der Waals surface area contributed by atoms with Crippen molar-refractivity contribution in [3.05, 3.63) is 18.0 Å². The summed E-state index contributed by atoms with van der Waals surface area (Å²) < 4.78 is 0. The van der Waals surface area contributed by atoms with E-state index in [0.717, 1.165) is 19.6 Å². The summed E-state index contributed by atoms with van der Waals surface area (Å²) in [5.41, 5.74) is 1.17. The van der Waals surface area contributed by atoms with Gasteiger partial charge in [-0.2, -0.15) is 5.10 Å². The first-order chi connectivity index (χ1) is 6.45. The number of hydrogen-bond acceptors (Lipinski definition) is 3. The molecule has 4 nitrogen and oxygen atoms in total. The molecule has 3 N–H and O–H groups in total. The zero-order valence-electron chi connectivity index (χ0n) is 7.71. The summed E-state index contributed by atoms with van der Waals surface area (Å²) in [6.45, 7) is 3.19. The van der Waals surface area contributed by atoms with Crippen LogP contribution in [0.4, 0.5) is 0 Å². The Labute approximate surface area is 78.1 Å². The van der Waals surface area contributed by atoms with E-state index >= 15 is 0 Å². The van der Waals surface area contributed by atoms with Crippen LogP contribution in [-0.2, 0) is 6.54 Å². The van der Waals surface area contributed by atoms with Crippen molar-refractivity contribution in [2.45, 2.75) is 25.4 Å². The first kappa shape index (κ1) is 8.72. The fourth-order valence-electron chi connectivity index (χ4n) is 1.66. The van der Waals surface area contributed by atoms with E-state index in [1.54, 1.807) is 6.20 Å². The third-order valence-electron chi connectivity index (χ3n) is 2.48. The van der Waals surface area contributed by atoms with Gasteiger partial charge in [-0.1, -0.05) is 0 Å². The van der Waals surface area contributed by atoms with Crippen molar-refractivity contribution in [3.63, 3.8) is 0 Å². The lowest BCUT2D eigenvalue weighted by Gasteiger charge is -2.23. The highest BCUT2D eigenvalue weighted by Crippen LogP contribution is 2.02. The minimum Gasteiger partial charge on any atom is -0.317 e. The van der Waals surface area contributed by atoms with Crippen LogP contribution in [0.1, 0.15) is 18.5 Å². The van der Waals surface area contributed by atoms with Gasteiger partial charge in [0.1, 0.15) is 0 Å². The summed E-state index contributed by atoms with van der Waals surface area (Å²) in [5, 5.41) is 13.7. The molecule has 13 heavy (non-hydrogen) atoms. The Morgan fingerprint density at radius 3 is 3.00 bits per heavy atom. The summed E-state index contributed by atoms with van der Waals surface area (Å²) in [7, 11) is 0. The molecule has 0 spiro atoms. The van der Waals surface area contributed by atoms with Gasteiger partial charge in [-0.25, -0.2) is 0 Å². The molecule has 0 saturated carbocycles. The van der Waals surface area contributed by atoms with E-state index in [4.69, 9.17) is 0 Å². The first-order valence-corrected chi connectivity index (χ1v) is 4.87. The van der Waals surface area contributed by atoms with Crippen molar-refractivity contribution in [3.8, 4) is 0 Å². The monoisotopic (exact) mass is 180 g/mol. The van der Waals surface area contributed by atoms with Crippen LogP contribution in [0.25, 0.3) is 0 Å². The molecule has 1 aliphatic rings. The largest absolute Gasteiger partial charge is 0.317 e. The maximum absolute atomic E-state index is 3.91. The Balaban J connectivity index is 1.72. The molecule has 0 aromatic carbocycles. The first-order valence-electron chi connectivity index (χ1n) is 4.87. The number of hydrogen-bond donors (Lipinski definition) is 3. The lowest BCUT2D eigenvalue weighted by Crippen LogP contribution is -2.39. The van der Waals surface area contributed by atoms with Crippen LogP contribution in [0, 0.1) is 0 Å². The maximum atomic E-state index is 3.91. The van der Waals surface area contributed by atoms with Crippen LogP contribution in [0.3, 0.4) is 0 Å².